The smallest absolute Gasteiger partial charge is 0.338 e. The number of nitrogens with one attached hydrogen (secondary N) is 1. The van der Waals surface area contributed by atoms with Crippen LogP contribution in [0.2, 0.25) is 5.02 Å². The molecular formula is C20H22ClNO6. The first-order valence-corrected chi connectivity index (χ1v) is 8.87. The minimum Gasteiger partial charge on any atom is -0.495 e. The van der Waals surface area contributed by atoms with Crippen molar-refractivity contribution in [3.05, 3.63) is 47.0 Å². The zero-order valence-electron chi connectivity index (χ0n) is 16.1. The predicted molar refractivity (Wildman–Crippen MR) is 106 cm³/mol. The number of rotatable bonds is 8. The molecule has 0 fully saturated rings. The van der Waals surface area contributed by atoms with Crippen molar-refractivity contribution in [1.82, 2.24) is 0 Å². The summed E-state index contributed by atoms with van der Waals surface area (Å²) in [7, 11) is 2.96. The third kappa shape index (κ3) is 5.79. The van der Waals surface area contributed by atoms with Crippen molar-refractivity contribution in [2.75, 3.05) is 26.1 Å². The average molecular weight is 408 g/mol. The zero-order valence-corrected chi connectivity index (χ0v) is 16.8. The zero-order chi connectivity index (χ0) is 20.7. The van der Waals surface area contributed by atoms with Gasteiger partial charge in [0.25, 0.3) is 5.91 Å². The number of ether oxygens (including phenoxy) is 4. The highest BCUT2D eigenvalue weighted by atomic mass is 35.5. The molecule has 0 radical (unpaired) electrons. The predicted octanol–water partition coefficient (Wildman–Crippen LogP) is 3.94. The molecule has 0 aliphatic heterocycles. The Balaban J connectivity index is 1.96. The van der Waals surface area contributed by atoms with Crippen molar-refractivity contribution < 1.29 is 28.5 Å². The summed E-state index contributed by atoms with van der Waals surface area (Å²) in [6.45, 7) is 3.32. The first-order chi connectivity index (χ1) is 13.3. The standard InChI is InChI=1S/C20H22ClNO6/c1-12(2)28-20(24)13-5-7-14(8-6-13)27-11-19(23)22-16-9-15(21)17(25-3)10-18(16)26-4/h5-10,12H,11H2,1-4H3,(H,22,23). The van der Waals surface area contributed by atoms with Crippen LogP contribution in [0.3, 0.4) is 0 Å². The summed E-state index contributed by atoms with van der Waals surface area (Å²) < 4.78 is 20.9. The van der Waals surface area contributed by atoms with Gasteiger partial charge >= 0.3 is 5.97 Å². The van der Waals surface area contributed by atoms with E-state index in [4.69, 9.17) is 30.5 Å². The van der Waals surface area contributed by atoms with Crippen LogP contribution in [0, 0.1) is 0 Å². The normalized spacial score (nSPS) is 10.4. The summed E-state index contributed by atoms with van der Waals surface area (Å²) in [5, 5.41) is 3.01. The van der Waals surface area contributed by atoms with Crippen LogP contribution in [0.4, 0.5) is 5.69 Å². The van der Waals surface area contributed by atoms with Crippen molar-refractivity contribution in [2.45, 2.75) is 20.0 Å². The molecule has 28 heavy (non-hydrogen) atoms. The van der Waals surface area contributed by atoms with Gasteiger partial charge in [0.05, 0.1) is 36.6 Å². The van der Waals surface area contributed by atoms with Gasteiger partial charge in [-0.15, -0.1) is 0 Å². The third-order valence-corrected chi connectivity index (χ3v) is 3.85. The summed E-state index contributed by atoms with van der Waals surface area (Å²) in [6, 6.07) is 9.44. The molecule has 1 N–H and O–H groups in total. The number of halogens is 1. The van der Waals surface area contributed by atoms with Gasteiger partial charge in [-0.25, -0.2) is 4.79 Å². The number of carbonyl (C=O) groups is 2. The summed E-state index contributed by atoms with van der Waals surface area (Å²) >= 11 is 6.09. The first-order valence-electron chi connectivity index (χ1n) is 8.49. The second kappa shape index (κ2) is 9.85. The molecule has 0 saturated carbocycles. The molecule has 7 nitrogen and oxygen atoms in total. The maximum absolute atomic E-state index is 12.2. The number of methoxy groups -OCH3 is 2. The van der Waals surface area contributed by atoms with E-state index in [2.05, 4.69) is 5.32 Å². The number of hydrogen-bond acceptors (Lipinski definition) is 6. The van der Waals surface area contributed by atoms with Gasteiger partial charge in [-0.1, -0.05) is 11.6 Å². The number of amides is 1. The SMILES string of the molecule is COc1cc(OC)c(NC(=O)COc2ccc(C(=O)OC(C)C)cc2)cc1Cl. The van der Waals surface area contributed by atoms with E-state index in [1.807, 2.05) is 0 Å². The lowest BCUT2D eigenvalue weighted by molar-refractivity contribution is -0.118. The maximum atomic E-state index is 12.2. The lowest BCUT2D eigenvalue weighted by Crippen LogP contribution is -2.20. The van der Waals surface area contributed by atoms with Crippen LogP contribution in [0.5, 0.6) is 17.2 Å². The molecule has 0 unspecified atom stereocenters. The molecular weight excluding hydrogens is 386 g/mol. The largest absolute Gasteiger partial charge is 0.495 e. The van der Waals surface area contributed by atoms with Gasteiger partial charge in [0.15, 0.2) is 6.61 Å². The summed E-state index contributed by atoms with van der Waals surface area (Å²) in [5.41, 5.74) is 0.803. The van der Waals surface area contributed by atoms with Crippen LogP contribution in [0.1, 0.15) is 24.2 Å². The molecule has 1 amide bonds. The molecule has 0 aliphatic carbocycles. The highest BCUT2D eigenvalue weighted by Gasteiger charge is 2.13. The number of anilines is 1. The highest BCUT2D eigenvalue weighted by molar-refractivity contribution is 6.32. The summed E-state index contributed by atoms with van der Waals surface area (Å²) in [4.78, 5) is 24.0. The molecule has 8 heteroatoms. The highest BCUT2D eigenvalue weighted by Crippen LogP contribution is 2.35. The number of carbonyl (C=O) groups excluding carboxylic acids is 2. The minimum atomic E-state index is -0.414. The van der Waals surface area contributed by atoms with Crippen LogP contribution in [0.15, 0.2) is 36.4 Å². The second-order valence-corrected chi connectivity index (χ2v) is 6.41. The Morgan fingerprint density at radius 2 is 1.68 bits per heavy atom. The van der Waals surface area contributed by atoms with Crippen molar-refractivity contribution in [3.63, 3.8) is 0 Å². The van der Waals surface area contributed by atoms with Crippen molar-refractivity contribution in [1.29, 1.82) is 0 Å². The summed E-state index contributed by atoms with van der Waals surface area (Å²) in [6.07, 6.45) is -0.199. The fraction of sp³-hybridized carbons (Fsp3) is 0.300. The van der Waals surface area contributed by atoms with Crippen molar-refractivity contribution in [3.8, 4) is 17.2 Å². The first kappa shape index (κ1) is 21.4. The maximum Gasteiger partial charge on any atom is 0.338 e. The summed E-state index contributed by atoms with van der Waals surface area (Å²) in [5.74, 6) is 0.466. The quantitative estimate of drug-likeness (QED) is 0.667. The van der Waals surface area contributed by atoms with Gasteiger partial charge in [-0.2, -0.15) is 0 Å². The van der Waals surface area contributed by atoms with Crippen LogP contribution < -0.4 is 19.5 Å². The molecule has 2 aromatic carbocycles. The van der Waals surface area contributed by atoms with Gasteiger partial charge < -0.3 is 24.3 Å². The van der Waals surface area contributed by atoms with Gasteiger partial charge in [-0.05, 0) is 44.2 Å². The van der Waals surface area contributed by atoms with E-state index in [1.165, 1.54) is 20.3 Å². The third-order valence-electron chi connectivity index (χ3n) is 3.55. The topological polar surface area (TPSA) is 83.1 Å². The Morgan fingerprint density at radius 1 is 1.04 bits per heavy atom. The van der Waals surface area contributed by atoms with Crippen LogP contribution in [-0.4, -0.2) is 38.8 Å². The minimum absolute atomic E-state index is 0.199. The van der Waals surface area contributed by atoms with Crippen LogP contribution >= 0.6 is 11.6 Å². The van der Waals surface area contributed by atoms with E-state index >= 15 is 0 Å². The lowest BCUT2D eigenvalue weighted by atomic mass is 10.2. The molecule has 0 atom stereocenters. The lowest BCUT2D eigenvalue weighted by Gasteiger charge is -2.13. The molecule has 0 spiro atoms. The van der Waals surface area contributed by atoms with Gasteiger partial charge in [0.2, 0.25) is 0 Å². The molecule has 0 bridgehead atoms. The van der Waals surface area contributed by atoms with E-state index in [0.717, 1.165) is 0 Å². The number of esters is 1. The monoisotopic (exact) mass is 407 g/mol. The molecule has 150 valence electrons. The van der Waals surface area contributed by atoms with E-state index < -0.39 is 11.9 Å². The van der Waals surface area contributed by atoms with Crippen LogP contribution in [-0.2, 0) is 9.53 Å². The fourth-order valence-electron chi connectivity index (χ4n) is 2.26. The molecule has 0 saturated heterocycles. The van der Waals surface area contributed by atoms with E-state index in [9.17, 15) is 9.59 Å². The van der Waals surface area contributed by atoms with Gasteiger partial charge in [0.1, 0.15) is 17.2 Å². The second-order valence-electron chi connectivity index (χ2n) is 6.00. The Labute approximate surface area is 168 Å². The van der Waals surface area contributed by atoms with Gasteiger partial charge in [0, 0.05) is 6.07 Å². The Bertz CT molecular complexity index is 835. The Kier molecular flexibility index (Phi) is 7.52. The van der Waals surface area contributed by atoms with E-state index in [0.29, 0.717) is 33.5 Å². The molecule has 0 aromatic heterocycles. The fourth-order valence-corrected chi connectivity index (χ4v) is 2.50. The molecule has 0 aliphatic rings. The van der Waals surface area contributed by atoms with Crippen LogP contribution in [0.25, 0.3) is 0 Å². The molecule has 2 aromatic rings. The Morgan fingerprint density at radius 3 is 2.25 bits per heavy atom. The number of benzene rings is 2. The van der Waals surface area contributed by atoms with E-state index in [1.54, 1.807) is 44.2 Å². The van der Waals surface area contributed by atoms with Crippen molar-refractivity contribution in [2.24, 2.45) is 0 Å². The van der Waals surface area contributed by atoms with Crippen molar-refractivity contribution >= 4 is 29.2 Å². The Hall–Kier alpha value is -2.93. The van der Waals surface area contributed by atoms with E-state index in [-0.39, 0.29) is 12.7 Å². The average Bonchev–Trinajstić information content (AvgIpc) is 2.66. The number of hydrogen-bond donors (Lipinski definition) is 1. The molecule has 0 heterocycles. The molecule has 2 rings (SSSR count). The van der Waals surface area contributed by atoms with Gasteiger partial charge in [-0.3, -0.25) is 4.79 Å².